The number of likely N-dealkylation sites (tertiary alicyclic amines) is 1. The molecule has 0 radical (unpaired) electrons. The zero-order valence-electron chi connectivity index (χ0n) is 22.7. The number of benzene rings is 3. The van der Waals surface area contributed by atoms with Crippen LogP contribution >= 0.6 is 0 Å². The highest BCUT2D eigenvalue weighted by Crippen LogP contribution is 2.50. The quantitative estimate of drug-likeness (QED) is 0.390. The minimum absolute atomic E-state index is 0.0809. The van der Waals surface area contributed by atoms with Crippen molar-refractivity contribution in [3.05, 3.63) is 83.4 Å². The van der Waals surface area contributed by atoms with E-state index in [2.05, 4.69) is 18.7 Å². The van der Waals surface area contributed by atoms with Crippen LogP contribution in [0.5, 0.6) is 17.2 Å². The van der Waals surface area contributed by atoms with Gasteiger partial charge in [-0.05, 0) is 97.5 Å². The molecule has 2 heterocycles. The smallest absolute Gasteiger partial charge is 0.253 e. The summed E-state index contributed by atoms with van der Waals surface area (Å²) in [6.45, 7) is 8.55. The van der Waals surface area contributed by atoms with E-state index in [1.165, 1.54) is 6.42 Å². The van der Waals surface area contributed by atoms with Gasteiger partial charge in [0, 0.05) is 18.2 Å². The third-order valence-electron chi connectivity index (χ3n) is 7.91. The fraction of sp³-hybridized carbons (Fsp3) is 0.344. The molecule has 0 bridgehead atoms. The van der Waals surface area contributed by atoms with Crippen molar-refractivity contribution < 1.29 is 24.9 Å². The number of aliphatic hydroxyl groups is 1. The van der Waals surface area contributed by atoms with E-state index in [-0.39, 0.29) is 11.5 Å². The van der Waals surface area contributed by atoms with Crippen molar-refractivity contribution in [2.24, 2.45) is 5.92 Å². The Balaban J connectivity index is 1.52. The molecule has 7 heteroatoms. The fourth-order valence-corrected chi connectivity index (χ4v) is 5.81. The van der Waals surface area contributed by atoms with Gasteiger partial charge in [0.15, 0.2) is 0 Å². The molecule has 3 aromatic carbocycles. The van der Waals surface area contributed by atoms with E-state index in [0.29, 0.717) is 23.9 Å². The largest absolute Gasteiger partial charge is 0.508 e. The van der Waals surface area contributed by atoms with Crippen LogP contribution < -0.4 is 9.64 Å². The molecule has 2 aliphatic rings. The first kappa shape index (κ1) is 26.8. The second-order valence-electron chi connectivity index (χ2n) is 10.7. The maximum atomic E-state index is 13.3. The van der Waals surface area contributed by atoms with Crippen molar-refractivity contribution in [3.63, 3.8) is 0 Å². The van der Waals surface area contributed by atoms with Gasteiger partial charge in [-0.2, -0.15) is 0 Å². The number of rotatable bonds is 7. The van der Waals surface area contributed by atoms with E-state index in [4.69, 9.17) is 4.74 Å². The lowest BCUT2D eigenvalue weighted by atomic mass is 9.81. The zero-order chi connectivity index (χ0) is 27.7. The lowest BCUT2D eigenvalue weighted by Gasteiger charge is -2.40. The molecule has 0 aromatic heterocycles. The van der Waals surface area contributed by atoms with Gasteiger partial charge < -0.3 is 20.1 Å². The number of carbonyl (C=O) groups is 1. The molecule has 0 spiro atoms. The number of amides is 1. The Hall–Kier alpha value is -3.81. The first-order valence-corrected chi connectivity index (χ1v) is 13.5. The Labute approximate surface area is 229 Å². The molecular weight excluding hydrogens is 492 g/mol. The maximum absolute atomic E-state index is 13.3. The van der Waals surface area contributed by atoms with Crippen LogP contribution in [-0.2, 0) is 4.79 Å². The number of hydrogen-bond acceptors (Lipinski definition) is 6. The number of carbonyl (C=O) groups excluding carboxylic acids is 1. The minimum Gasteiger partial charge on any atom is -0.508 e. The van der Waals surface area contributed by atoms with Crippen LogP contribution in [0, 0.1) is 5.92 Å². The van der Waals surface area contributed by atoms with Gasteiger partial charge in [0.25, 0.3) is 5.91 Å². The number of ether oxygens (including phenoxy) is 1. The number of aliphatic hydroxyl groups excluding tert-OH is 1. The predicted molar refractivity (Wildman–Crippen MR) is 153 cm³/mol. The molecule has 1 amide bonds. The van der Waals surface area contributed by atoms with E-state index >= 15 is 0 Å². The Bertz CT molecular complexity index is 1380. The minimum atomic E-state index is -0.669. The Morgan fingerprint density at radius 3 is 2.46 bits per heavy atom. The van der Waals surface area contributed by atoms with E-state index in [1.807, 2.05) is 37.3 Å². The van der Waals surface area contributed by atoms with Crippen molar-refractivity contribution in [3.8, 4) is 17.2 Å². The van der Waals surface area contributed by atoms with Crippen LogP contribution in [0.3, 0.4) is 0 Å². The third kappa shape index (κ3) is 5.37. The molecule has 39 heavy (non-hydrogen) atoms. The standard InChI is InChI=1S/C32H36N2O5/c1-20-13-14-33(17-20)21(2)19-39-27-10-7-23(8-11-27)32-31(24-5-4-6-25(36)15-24)22(3)28-16-26(37)9-12-29(28)34(32)30(38)18-35/h4-12,15-16,20-21,32,35-37H,13-14,17-19H2,1-3H3. The molecule has 3 aromatic rings. The molecule has 3 unspecified atom stereocenters. The van der Waals surface area contributed by atoms with Gasteiger partial charge in [-0.1, -0.05) is 31.2 Å². The van der Waals surface area contributed by atoms with Crippen LogP contribution in [0.2, 0.25) is 0 Å². The number of hydrogen-bond donors (Lipinski definition) is 3. The Morgan fingerprint density at radius 2 is 1.79 bits per heavy atom. The molecule has 7 nitrogen and oxygen atoms in total. The van der Waals surface area contributed by atoms with Crippen LogP contribution in [0.25, 0.3) is 11.1 Å². The molecule has 5 rings (SSSR count). The highest BCUT2D eigenvalue weighted by molar-refractivity contribution is 6.09. The van der Waals surface area contributed by atoms with Gasteiger partial charge in [0.2, 0.25) is 0 Å². The molecule has 0 aliphatic carbocycles. The molecule has 0 saturated carbocycles. The van der Waals surface area contributed by atoms with Gasteiger partial charge in [-0.3, -0.25) is 14.6 Å². The molecule has 2 aliphatic heterocycles. The number of phenolic OH excluding ortho intramolecular Hbond substituents is 2. The number of aromatic hydroxyl groups is 2. The van der Waals surface area contributed by atoms with Crippen LogP contribution in [0.1, 0.15) is 49.9 Å². The van der Waals surface area contributed by atoms with Crippen LogP contribution in [0.15, 0.2) is 66.7 Å². The summed E-state index contributed by atoms with van der Waals surface area (Å²) >= 11 is 0. The first-order valence-electron chi connectivity index (χ1n) is 13.5. The summed E-state index contributed by atoms with van der Waals surface area (Å²) in [7, 11) is 0. The Kier molecular flexibility index (Phi) is 7.64. The number of nitrogens with zero attached hydrogens (tertiary/aromatic N) is 2. The predicted octanol–water partition coefficient (Wildman–Crippen LogP) is 5.22. The number of fused-ring (bicyclic) bond motifs is 1. The van der Waals surface area contributed by atoms with Gasteiger partial charge in [0.1, 0.15) is 30.5 Å². The first-order chi connectivity index (χ1) is 18.8. The second kappa shape index (κ2) is 11.1. The normalized spacial score (nSPS) is 20.2. The van der Waals surface area contributed by atoms with E-state index in [9.17, 15) is 20.1 Å². The number of anilines is 1. The maximum Gasteiger partial charge on any atom is 0.253 e. The molecule has 1 fully saturated rings. The fourth-order valence-electron chi connectivity index (χ4n) is 5.81. The second-order valence-corrected chi connectivity index (χ2v) is 10.7. The number of allylic oxidation sites excluding steroid dienone is 1. The summed E-state index contributed by atoms with van der Waals surface area (Å²) in [5.74, 6) is 1.19. The van der Waals surface area contributed by atoms with E-state index < -0.39 is 18.6 Å². The Morgan fingerprint density at radius 1 is 1.05 bits per heavy atom. The zero-order valence-corrected chi connectivity index (χ0v) is 22.7. The lowest BCUT2D eigenvalue weighted by Crippen LogP contribution is -2.40. The summed E-state index contributed by atoms with van der Waals surface area (Å²) in [4.78, 5) is 17.3. The van der Waals surface area contributed by atoms with E-state index in [1.54, 1.807) is 41.3 Å². The van der Waals surface area contributed by atoms with Crippen molar-refractivity contribution in [2.75, 3.05) is 31.2 Å². The average Bonchev–Trinajstić information content (AvgIpc) is 3.38. The number of phenols is 2. The van der Waals surface area contributed by atoms with Gasteiger partial charge in [-0.15, -0.1) is 0 Å². The molecule has 3 atom stereocenters. The molecule has 3 N–H and O–H groups in total. The monoisotopic (exact) mass is 528 g/mol. The highest BCUT2D eigenvalue weighted by Gasteiger charge is 2.37. The highest BCUT2D eigenvalue weighted by atomic mass is 16.5. The van der Waals surface area contributed by atoms with E-state index in [0.717, 1.165) is 47.0 Å². The average molecular weight is 529 g/mol. The lowest BCUT2D eigenvalue weighted by molar-refractivity contribution is -0.121. The van der Waals surface area contributed by atoms with Crippen molar-refractivity contribution >= 4 is 22.7 Å². The third-order valence-corrected chi connectivity index (χ3v) is 7.91. The molecular formula is C32H36N2O5. The van der Waals surface area contributed by atoms with Gasteiger partial charge in [0.05, 0.1) is 11.7 Å². The summed E-state index contributed by atoms with van der Waals surface area (Å²) in [6.07, 6.45) is 1.22. The topological polar surface area (TPSA) is 93.5 Å². The van der Waals surface area contributed by atoms with Gasteiger partial charge >= 0.3 is 0 Å². The molecule has 204 valence electrons. The summed E-state index contributed by atoms with van der Waals surface area (Å²) in [6, 6.07) is 19.3. The summed E-state index contributed by atoms with van der Waals surface area (Å²) in [5.41, 5.74) is 4.55. The summed E-state index contributed by atoms with van der Waals surface area (Å²) < 4.78 is 6.14. The van der Waals surface area contributed by atoms with Crippen molar-refractivity contribution in [2.45, 2.75) is 39.3 Å². The van der Waals surface area contributed by atoms with Crippen LogP contribution in [0.4, 0.5) is 5.69 Å². The SMILES string of the molecule is CC1=C(c2cccc(O)c2)C(c2ccc(OCC(C)N3CCC(C)C3)cc2)N(C(=O)CO)c2ccc(O)cc21. The van der Waals surface area contributed by atoms with Crippen LogP contribution in [-0.4, -0.2) is 58.5 Å². The summed E-state index contributed by atoms with van der Waals surface area (Å²) in [5, 5.41) is 30.5. The van der Waals surface area contributed by atoms with Crippen molar-refractivity contribution in [1.82, 2.24) is 4.90 Å². The van der Waals surface area contributed by atoms with Gasteiger partial charge in [-0.25, -0.2) is 0 Å². The van der Waals surface area contributed by atoms with Crippen molar-refractivity contribution in [1.29, 1.82) is 0 Å². The molecule has 1 saturated heterocycles.